The summed E-state index contributed by atoms with van der Waals surface area (Å²) in [4.78, 5) is 11.2. The minimum absolute atomic E-state index is 0.0282. The van der Waals surface area contributed by atoms with Crippen LogP contribution < -0.4 is 5.73 Å². The number of aryl methyl sites for hydroxylation is 1. The SMILES string of the molecule is Cn1cncc1-c1ncc(CN)c(C(F)(F)F)n1. The molecule has 2 rings (SSSR count). The Kier molecular flexibility index (Phi) is 3.04. The summed E-state index contributed by atoms with van der Waals surface area (Å²) in [5.74, 6) is -0.0282. The highest BCUT2D eigenvalue weighted by Gasteiger charge is 2.35. The predicted molar refractivity (Wildman–Crippen MR) is 57.1 cm³/mol. The second-order valence-corrected chi connectivity index (χ2v) is 3.66. The Hall–Kier alpha value is -1.96. The molecule has 0 saturated carbocycles. The molecule has 0 atom stereocenters. The van der Waals surface area contributed by atoms with Gasteiger partial charge in [0.1, 0.15) is 5.69 Å². The van der Waals surface area contributed by atoms with Crippen molar-refractivity contribution in [3.63, 3.8) is 0 Å². The molecule has 96 valence electrons. The van der Waals surface area contributed by atoms with Crippen LogP contribution >= 0.6 is 0 Å². The van der Waals surface area contributed by atoms with E-state index in [1.165, 1.54) is 17.1 Å². The van der Waals surface area contributed by atoms with E-state index in [2.05, 4.69) is 15.0 Å². The molecule has 0 fully saturated rings. The summed E-state index contributed by atoms with van der Waals surface area (Å²) in [6.45, 7) is -0.263. The van der Waals surface area contributed by atoms with Gasteiger partial charge in [0.05, 0.1) is 12.5 Å². The molecule has 0 unspecified atom stereocenters. The van der Waals surface area contributed by atoms with Gasteiger partial charge in [0.25, 0.3) is 0 Å². The topological polar surface area (TPSA) is 69.6 Å². The number of hydrogen-bond donors (Lipinski definition) is 1. The first-order valence-corrected chi connectivity index (χ1v) is 5.03. The van der Waals surface area contributed by atoms with Crippen LogP contribution in [0.4, 0.5) is 13.2 Å². The number of nitrogens with two attached hydrogens (primary N) is 1. The molecule has 5 nitrogen and oxygen atoms in total. The fourth-order valence-electron chi connectivity index (χ4n) is 1.50. The lowest BCUT2D eigenvalue weighted by Crippen LogP contribution is -2.16. The van der Waals surface area contributed by atoms with Gasteiger partial charge in [0.15, 0.2) is 11.5 Å². The molecule has 0 bridgehead atoms. The van der Waals surface area contributed by atoms with Crippen molar-refractivity contribution in [1.29, 1.82) is 0 Å². The maximum atomic E-state index is 12.8. The minimum atomic E-state index is -4.55. The zero-order chi connectivity index (χ0) is 13.3. The third-order valence-corrected chi connectivity index (χ3v) is 2.40. The van der Waals surface area contributed by atoms with Crippen molar-refractivity contribution >= 4 is 0 Å². The Labute approximate surface area is 100 Å². The smallest absolute Gasteiger partial charge is 0.331 e. The zero-order valence-corrected chi connectivity index (χ0v) is 9.44. The molecular weight excluding hydrogens is 247 g/mol. The van der Waals surface area contributed by atoms with Crippen LogP contribution in [0.25, 0.3) is 11.5 Å². The number of imidazole rings is 1. The Balaban J connectivity index is 2.57. The van der Waals surface area contributed by atoms with E-state index in [-0.39, 0.29) is 17.9 Å². The molecule has 0 aliphatic heterocycles. The number of alkyl halides is 3. The van der Waals surface area contributed by atoms with Crippen molar-refractivity contribution < 1.29 is 13.2 Å². The minimum Gasteiger partial charge on any atom is -0.331 e. The molecule has 0 radical (unpaired) electrons. The summed E-state index contributed by atoms with van der Waals surface area (Å²) >= 11 is 0. The highest BCUT2D eigenvalue weighted by atomic mass is 19.4. The summed E-state index contributed by atoms with van der Waals surface area (Å²) < 4.78 is 39.9. The lowest BCUT2D eigenvalue weighted by atomic mass is 10.2. The fourth-order valence-corrected chi connectivity index (χ4v) is 1.50. The molecule has 0 aliphatic carbocycles. The largest absolute Gasteiger partial charge is 0.433 e. The van der Waals surface area contributed by atoms with Crippen molar-refractivity contribution in [2.75, 3.05) is 0 Å². The van der Waals surface area contributed by atoms with Crippen LogP contribution in [0.1, 0.15) is 11.3 Å². The lowest BCUT2D eigenvalue weighted by molar-refractivity contribution is -0.141. The lowest BCUT2D eigenvalue weighted by Gasteiger charge is -2.11. The van der Waals surface area contributed by atoms with Crippen LogP contribution in [-0.2, 0) is 19.8 Å². The summed E-state index contributed by atoms with van der Waals surface area (Å²) in [6, 6.07) is 0. The van der Waals surface area contributed by atoms with Crippen molar-refractivity contribution in [2.45, 2.75) is 12.7 Å². The molecule has 0 aliphatic rings. The highest BCUT2D eigenvalue weighted by molar-refractivity contribution is 5.49. The quantitative estimate of drug-likeness (QED) is 0.881. The predicted octanol–water partition coefficient (Wildman–Crippen LogP) is 1.35. The molecule has 2 aromatic heterocycles. The van der Waals surface area contributed by atoms with E-state index in [0.29, 0.717) is 5.69 Å². The summed E-state index contributed by atoms with van der Waals surface area (Å²) in [7, 11) is 1.65. The van der Waals surface area contributed by atoms with E-state index in [9.17, 15) is 13.2 Å². The van der Waals surface area contributed by atoms with E-state index in [4.69, 9.17) is 5.73 Å². The number of hydrogen-bond acceptors (Lipinski definition) is 4. The van der Waals surface area contributed by atoms with Crippen molar-refractivity contribution in [1.82, 2.24) is 19.5 Å². The van der Waals surface area contributed by atoms with Crippen LogP contribution in [0.5, 0.6) is 0 Å². The normalized spacial score (nSPS) is 11.8. The van der Waals surface area contributed by atoms with Crippen molar-refractivity contribution in [2.24, 2.45) is 12.8 Å². The van der Waals surface area contributed by atoms with Gasteiger partial charge >= 0.3 is 6.18 Å². The maximum absolute atomic E-state index is 12.8. The molecule has 0 spiro atoms. The first kappa shape index (κ1) is 12.5. The molecule has 8 heteroatoms. The number of halogens is 3. The van der Waals surface area contributed by atoms with Gasteiger partial charge in [-0.05, 0) is 0 Å². The van der Waals surface area contributed by atoms with Crippen molar-refractivity contribution in [3.8, 4) is 11.5 Å². The third kappa shape index (κ3) is 2.19. The zero-order valence-electron chi connectivity index (χ0n) is 9.44. The molecular formula is C10H10F3N5. The van der Waals surface area contributed by atoms with Gasteiger partial charge in [0, 0.05) is 25.4 Å². The van der Waals surface area contributed by atoms with E-state index >= 15 is 0 Å². The molecule has 0 amide bonds. The van der Waals surface area contributed by atoms with Gasteiger partial charge in [-0.3, -0.25) is 0 Å². The van der Waals surface area contributed by atoms with Crippen LogP contribution in [-0.4, -0.2) is 19.5 Å². The van der Waals surface area contributed by atoms with Gasteiger partial charge in [-0.1, -0.05) is 0 Å². The van der Waals surface area contributed by atoms with E-state index < -0.39 is 11.9 Å². The number of nitrogens with zero attached hydrogens (tertiary/aromatic N) is 4. The Morgan fingerprint density at radius 1 is 1.33 bits per heavy atom. The van der Waals surface area contributed by atoms with E-state index in [1.807, 2.05) is 0 Å². The summed E-state index contributed by atoms with van der Waals surface area (Å²) in [5.41, 5.74) is 4.52. The Bertz CT molecular complexity index is 561. The molecule has 2 N–H and O–H groups in total. The van der Waals surface area contributed by atoms with Gasteiger partial charge in [-0.25, -0.2) is 15.0 Å². The molecule has 2 heterocycles. The first-order chi connectivity index (χ1) is 8.43. The van der Waals surface area contributed by atoms with Crippen LogP contribution in [0.3, 0.4) is 0 Å². The fraction of sp³-hybridized carbons (Fsp3) is 0.300. The molecule has 0 aromatic carbocycles. The van der Waals surface area contributed by atoms with E-state index in [1.54, 1.807) is 7.05 Å². The average molecular weight is 257 g/mol. The van der Waals surface area contributed by atoms with Crippen molar-refractivity contribution in [3.05, 3.63) is 30.0 Å². The second-order valence-electron chi connectivity index (χ2n) is 3.66. The van der Waals surface area contributed by atoms with Crippen LogP contribution in [0.2, 0.25) is 0 Å². The Morgan fingerprint density at radius 3 is 2.56 bits per heavy atom. The summed E-state index contributed by atoms with van der Waals surface area (Å²) in [6.07, 6.45) is -0.594. The summed E-state index contributed by atoms with van der Waals surface area (Å²) in [5, 5.41) is 0. The van der Waals surface area contributed by atoms with Crippen LogP contribution in [0, 0.1) is 0 Å². The molecule has 2 aromatic rings. The van der Waals surface area contributed by atoms with Gasteiger partial charge < -0.3 is 10.3 Å². The highest BCUT2D eigenvalue weighted by Crippen LogP contribution is 2.31. The van der Waals surface area contributed by atoms with Gasteiger partial charge in [0.2, 0.25) is 0 Å². The van der Waals surface area contributed by atoms with Gasteiger partial charge in [-0.15, -0.1) is 0 Å². The standard InChI is InChI=1S/C10H10F3N5/c1-18-5-15-4-7(18)9-16-3-6(2-14)8(17-9)10(11,12)13/h3-5H,2,14H2,1H3. The molecule has 0 saturated heterocycles. The van der Waals surface area contributed by atoms with E-state index in [0.717, 1.165) is 6.20 Å². The Morgan fingerprint density at radius 2 is 2.06 bits per heavy atom. The first-order valence-electron chi connectivity index (χ1n) is 5.03. The number of aromatic nitrogens is 4. The molecule has 18 heavy (non-hydrogen) atoms. The third-order valence-electron chi connectivity index (χ3n) is 2.40. The number of rotatable bonds is 2. The van der Waals surface area contributed by atoms with Crippen LogP contribution in [0.15, 0.2) is 18.7 Å². The average Bonchev–Trinajstić information content (AvgIpc) is 2.73. The maximum Gasteiger partial charge on any atom is 0.433 e. The monoisotopic (exact) mass is 257 g/mol. The second kappa shape index (κ2) is 4.37. The van der Waals surface area contributed by atoms with Gasteiger partial charge in [-0.2, -0.15) is 13.2 Å².